The van der Waals surface area contributed by atoms with Gasteiger partial charge < -0.3 is 15.4 Å². The van der Waals surface area contributed by atoms with Crippen LogP contribution in [0.4, 0.5) is 27.9 Å². The number of thiophene rings is 1. The van der Waals surface area contributed by atoms with Gasteiger partial charge in [0.15, 0.2) is 0 Å². The van der Waals surface area contributed by atoms with E-state index in [0.29, 0.717) is 41.4 Å². The molecule has 0 bridgehead atoms. The Morgan fingerprint density at radius 2 is 1.81 bits per heavy atom. The number of urea groups is 1. The summed E-state index contributed by atoms with van der Waals surface area (Å²) in [6.45, 7) is 8.70. The van der Waals surface area contributed by atoms with Crippen LogP contribution in [0.2, 0.25) is 0 Å². The molecule has 2 amide bonds. The molecule has 1 aliphatic carbocycles. The van der Waals surface area contributed by atoms with Crippen molar-refractivity contribution in [3.05, 3.63) is 107 Å². The number of nitrogens with one attached hydrogen (secondary N) is 3. The molecule has 238 valence electrons. The molecular formula is C36H36N8O2S. The second kappa shape index (κ2) is 12.5. The van der Waals surface area contributed by atoms with E-state index in [1.165, 1.54) is 17.7 Å². The van der Waals surface area contributed by atoms with E-state index in [4.69, 9.17) is 9.84 Å². The Bertz CT molecular complexity index is 2080. The smallest absolute Gasteiger partial charge is 0.324 e. The van der Waals surface area contributed by atoms with Gasteiger partial charge in [-0.05, 0) is 61.7 Å². The topological polar surface area (TPSA) is 119 Å². The van der Waals surface area contributed by atoms with Gasteiger partial charge in [-0.3, -0.25) is 10.3 Å². The predicted octanol–water partition coefficient (Wildman–Crippen LogP) is 8.72. The van der Waals surface area contributed by atoms with Gasteiger partial charge in [-0.25, -0.2) is 19.4 Å². The molecular weight excluding hydrogens is 609 g/mol. The molecule has 4 heterocycles. The lowest BCUT2D eigenvalue weighted by Gasteiger charge is -2.14. The molecule has 6 aromatic rings. The second-order valence-electron chi connectivity index (χ2n) is 12.8. The molecule has 0 radical (unpaired) electrons. The summed E-state index contributed by atoms with van der Waals surface area (Å²) in [6.07, 6.45) is 7.63. The van der Waals surface area contributed by atoms with Crippen molar-refractivity contribution in [3.8, 4) is 10.8 Å². The Kier molecular flexibility index (Phi) is 8.07. The van der Waals surface area contributed by atoms with Crippen molar-refractivity contribution in [2.24, 2.45) is 0 Å². The number of aryl methyl sites for hydroxylation is 1. The van der Waals surface area contributed by atoms with E-state index in [1.54, 1.807) is 28.4 Å². The zero-order chi connectivity index (χ0) is 32.5. The predicted molar refractivity (Wildman–Crippen MR) is 187 cm³/mol. The third-order valence-corrected chi connectivity index (χ3v) is 8.89. The first-order chi connectivity index (χ1) is 22.7. The third-order valence-electron chi connectivity index (χ3n) is 7.91. The molecule has 0 unspecified atom stereocenters. The van der Waals surface area contributed by atoms with E-state index in [0.717, 1.165) is 32.7 Å². The molecule has 10 nitrogen and oxygen atoms in total. The molecule has 0 atom stereocenters. The number of carbonyl (C=O) groups is 1. The first-order valence-electron chi connectivity index (χ1n) is 15.6. The van der Waals surface area contributed by atoms with Gasteiger partial charge >= 0.3 is 6.03 Å². The lowest BCUT2D eigenvalue weighted by Crippen LogP contribution is -2.21. The lowest BCUT2D eigenvalue weighted by atomic mass is 9.92. The highest BCUT2D eigenvalue weighted by molar-refractivity contribution is 7.14. The fourth-order valence-corrected chi connectivity index (χ4v) is 6.09. The highest BCUT2D eigenvalue weighted by Gasteiger charge is 2.25. The summed E-state index contributed by atoms with van der Waals surface area (Å²) in [5.74, 6) is 3.19. The summed E-state index contributed by atoms with van der Waals surface area (Å²) in [5.41, 5.74) is 3.35. The number of hydrogen-bond acceptors (Lipinski definition) is 8. The molecule has 3 N–H and O–H groups in total. The van der Waals surface area contributed by atoms with Crippen molar-refractivity contribution in [2.75, 3.05) is 16.0 Å². The van der Waals surface area contributed by atoms with Crippen molar-refractivity contribution >= 4 is 51.3 Å². The fourth-order valence-electron chi connectivity index (χ4n) is 5.26. The number of pyridine rings is 1. The monoisotopic (exact) mass is 644 g/mol. The maximum atomic E-state index is 13.4. The molecule has 4 aromatic heterocycles. The summed E-state index contributed by atoms with van der Waals surface area (Å²) in [5, 5.41) is 16.9. The van der Waals surface area contributed by atoms with Gasteiger partial charge in [-0.2, -0.15) is 5.10 Å². The van der Waals surface area contributed by atoms with Gasteiger partial charge in [0, 0.05) is 45.4 Å². The Balaban J connectivity index is 1.06. The average molecular weight is 645 g/mol. The molecule has 0 saturated heterocycles. The number of fused-ring (bicyclic) bond motifs is 1. The lowest BCUT2D eigenvalue weighted by molar-refractivity contribution is 0.262. The Labute approximate surface area is 277 Å². The molecule has 47 heavy (non-hydrogen) atoms. The minimum Gasteiger partial charge on any atom is -0.488 e. The summed E-state index contributed by atoms with van der Waals surface area (Å²) >= 11 is 1.62. The second-order valence-corrected chi connectivity index (χ2v) is 14.0. The van der Waals surface area contributed by atoms with Crippen LogP contribution >= 0.6 is 11.3 Å². The Morgan fingerprint density at radius 3 is 2.57 bits per heavy atom. The Morgan fingerprint density at radius 1 is 0.979 bits per heavy atom. The molecule has 2 aromatic carbocycles. The number of aromatic nitrogens is 5. The molecule has 1 fully saturated rings. The van der Waals surface area contributed by atoms with Crippen LogP contribution < -0.4 is 20.7 Å². The van der Waals surface area contributed by atoms with Crippen LogP contribution in [0.3, 0.4) is 0 Å². The van der Waals surface area contributed by atoms with Crippen LogP contribution in [0.5, 0.6) is 5.75 Å². The van der Waals surface area contributed by atoms with Gasteiger partial charge in [0.1, 0.15) is 34.8 Å². The van der Waals surface area contributed by atoms with Crippen LogP contribution in [0, 0.1) is 6.92 Å². The normalized spacial score (nSPS) is 13.0. The van der Waals surface area contributed by atoms with Gasteiger partial charge in [-0.15, -0.1) is 11.3 Å². The van der Waals surface area contributed by atoms with E-state index in [-0.39, 0.29) is 11.4 Å². The van der Waals surface area contributed by atoms with Crippen LogP contribution in [-0.4, -0.2) is 30.8 Å². The summed E-state index contributed by atoms with van der Waals surface area (Å²) < 4.78 is 8.10. The van der Waals surface area contributed by atoms with Crippen LogP contribution in [0.25, 0.3) is 15.8 Å². The van der Waals surface area contributed by atoms with Crippen molar-refractivity contribution in [3.63, 3.8) is 0 Å². The van der Waals surface area contributed by atoms with E-state index in [2.05, 4.69) is 58.6 Å². The van der Waals surface area contributed by atoms with Crippen molar-refractivity contribution in [1.29, 1.82) is 0 Å². The van der Waals surface area contributed by atoms with Crippen LogP contribution in [0.1, 0.15) is 61.4 Å². The minimum atomic E-state index is -0.358. The quantitative estimate of drug-likeness (QED) is 0.144. The van der Waals surface area contributed by atoms with E-state index in [1.807, 2.05) is 72.9 Å². The highest BCUT2D eigenvalue weighted by atomic mass is 32.1. The first kappa shape index (κ1) is 30.4. The number of anilines is 4. The first-order valence-corrected chi connectivity index (χ1v) is 16.4. The van der Waals surface area contributed by atoms with Crippen LogP contribution in [0.15, 0.2) is 85.3 Å². The molecule has 1 saturated carbocycles. The zero-order valence-corrected chi connectivity index (χ0v) is 27.6. The number of benzene rings is 2. The minimum absolute atomic E-state index is 0.180. The van der Waals surface area contributed by atoms with Crippen LogP contribution in [-0.2, 0) is 12.0 Å². The van der Waals surface area contributed by atoms with Gasteiger partial charge in [0.2, 0.25) is 0 Å². The van der Waals surface area contributed by atoms with E-state index < -0.39 is 0 Å². The maximum Gasteiger partial charge on any atom is 0.324 e. The van der Waals surface area contributed by atoms with Crippen molar-refractivity contribution in [2.45, 2.75) is 58.5 Å². The molecule has 7 rings (SSSR count). The number of ether oxygens (including phenoxy) is 1. The fraction of sp³-hybridized carbons (Fsp3) is 0.250. The maximum absolute atomic E-state index is 13.4. The summed E-state index contributed by atoms with van der Waals surface area (Å²) in [4.78, 5) is 28.0. The van der Waals surface area contributed by atoms with E-state index >= 15 is 0 Å². The zero-order valence-electron chi connectivity index (χ0n) is 26.7. The third kappa shape index (κ3) is 6.95. The standard InChI is InChI=1S/C36H36N8O2S/c1-22-9-14-34(47-22)44-33(18-30(43-44)36(2,3)4)42-35(45)40-27-12-13-29(26-8-6-5-7-25(26)27)46-21-23-15-16-38-31(17-23)41-32-20-37-19-28(39-32)24-10-11-24/h5-9,12-20,24H,10-11,21H2,1-4H3,(H,38,39,41)(H2,40,42,45). The number of carbonyl (C=O) groups excluding carboxylic acids is 1. The number of amides is 2. The van der Waals surface area contributed by atoms with Gasteiger partial charge in [0.25, 0.3) is 0 Å². The molecule has 11 heteroatoms. The SMILES string of the molecule is Cc1ccc(-n2nc(C(C)(C)C)cc2NC(=O)Nc2ccc(OCc3ccnc(Nc4cncc(C5CC5)n4)c3)c3ccccc23)s1. The van der Waals surface area contributed by atoms with E-state index in [9.17, 15) is 4.79 Å². The van der Waals surface area contributed by atoms with Crippen molar-refractivity contribution < 1.29 is 9.53 Å². The molecule has 0 spiro atoms. The molecule has 0 aliphatic heterocycles. The van der Waals surface area contributed by atoms with Gasteiger partial charge in [-0.1, -0.05) is 45.0 Å². The van der Waals surface area contributed by atoms with Crippen molar-refractivity contribution in [1.82, 2.24) is 24.7 Å². The summed E-state index contributed by atoms with van der Waals surface area (Å²) in [6, 6.07) is 21.1. The highest BCUT2D eigenvalue weighted by Crippen LogP contribution is 2.39. The number of hydrogen-bond donors (Lipinski definition) is 3. The average Bonchev–Trinajstić information content (AvgIpc) is 3.68. The molecule has 1 aliphatic rings. The number of rotatable bonds is 9. The largest absolute Gasteiger partial charge is 0.488 e. The van der Waals surface area contributed by atoms with Gasteiger partial charge in [0.05, 0.1) is 23.3 Å². The summed E-state index contributed by atoms with van der Waals surface area (Å²) in [7, 11) is 0. The Hall–Kier alpha value is -5.29. The number of nitrogens with zero attached hydrogens (tertiary/aromatic N) is 5.